The molecule has 23 heavy (non-hydrogen) atoms. The number of nitrogens with zero attached hydrogens (tertiary/aromatic N) is 1. The van der Waals surface area contributed by atoms with Crippen molar-refractivity contribution in [3.63, 3.8) is 0 Å². The van der Waals surface area contributed by atoms with Crippen molar-refractivity contribution in [3.05, 3.63) is 58.1 Å². The Morgan fingerprint density at radius 2 is 1.91 bits per heavy atom. The first-order chi connectivity index (χ1) is 11.0. The minimum Gasteiger partial charge on any atom is -0.324 e. The van der Waals surface area contributed by atoms with Crippen LogP contribution in [0.1, 0.15) is 12.0 Å². The molecule has 0 bridgehead atoms. The van der Waals surface area contributed by atoms with Crippen LogP contribution in [0.25, 0.3) is 0 Å². The third-order valence-electron chi connectivity index (χ3n) is 3.71. The van der Waals surface area contributed by atoms with E-state index in [0.29, 0.717) is 22.3 Å². The zero-order chi connectivity index (χ0) is 16.4. The molecule has 0 atom stereocenters. The van der Waals surface area contributed by atoms with Gasteiger partial charge in [-0.2, -0.15) is 0 Å². The maximum Gasteiger partial charge on any atom is 0.236 e. The van der Waals surface area contributed by atoms with Crippen LogP contribution in [0.3, 0.4) is 0 Å². The highest BCUT2D eigenvalue weighted by Gasteiger charge is 2.25. The van der Waals surface area contributed by atoms with E-state index in [1.54, 1.807) is 17.0 Å². The molecule has 0 aliphatic carbocycles. The Bertz CT molecular complexity index is 777. The number of anilines is 2. The fraction of sp³-hybridized carbons (Fsp3) is 0.176. The van der Waals surface area contributed by atoms with Crippen LogP contribution in [0.15, 0.2) is 42.5 Å². The highest BCUT2D eigenvalue weighted by atomic mass is 35.5. The van der Waals surface area contributed by atoms with Crippen molar-refractivity contribution in [2.75, 3.05) is 16.8 Å². The summed E-state index contributed by atoms with van der Waals surface area (Å²) in [7, 11) is 0. The number of halogens is 2. The Morgan fingerprint density at radius 3 is 2.70 bits per heavy atom. The van der Waals surface area contributed by atoms with Gasteiger partial charge in [-0.1, -0.05) is 41.4 Å². The lowest BCUT2D eigenvalue weighted by molar-refractivity contribution is -0.125. The number of benzene rings is 2. The van der Waals surface area contributed by atoms with Crippen LogP contribution < -0.4 is 10.2 Å². The van der Waals surface area contributed by atoms with Gasteiger partial charge in [-0.15, -0.1) is 0 Å². The predicted molar refractivity (Wildman–Crippen MR) is 92.2 cm³/mol. The largest absolute Gasteiger partial charge is 0.324 e. The first-order valence-corrected chi connectivity index (χ1v) is 7.93. The quantitative estimate of drug-likeness (QED) is 0.854. The van der Waals surface area contributed by atoms with E-state index >= 15 is 0 Å². The zero-order valence-corrected chi connectivity index (χ0v) is 13.7. The fourth-order valence-corrected chi connectivity index (χ4v) is 3.07. The van der Waals surface area contributed by atoms with E-state index in [2.05, 4.69) is 5.32 Å². The van der Waals surface area contributed by atoms with Crippen molar-refractivity contribution in [2.45, 2.75) is 12.8 Å². The Balaban J connectivity index is 1.65. The molecule has 0 unspecified atom stereocenters. The molecule has 0 aromatic heterocycles. The molecule has 2 aromatic carbocycles. The van der Waals surface area contributed by atoms with E-state index in [4.69, 9.17) is 23.2 Å². The summed E-state index contributed by atoms with van der Waals surface area (Å²) in [6.45, 7) is 0.604. The molecule has 1 N–H and O–H groups in total. The van der Waals surface area contributed by atoms with Gasteiger partial charge in [0.1, 0.15) is 6.42 Å². The van der Waals surface area contributed by atoms with Gasteiger partial charge in [-0.25, -0.2) is 0 Å². The number of hydrogen-bond donors (Lipinski definition) is 1. The average molecular weight is 349 g/mol. The van der Waals surface area contributed by atoms with Crippen molar-refractivity contribution < 1.29 is 9.59 Å². The average Bonchev–Trinajstić information content (AvgIpc) is 2.94. The van der Waals surface area contributed by atoms with E-state index in [1.807, 2.05) is 24.3 Å². The molecular weight excluding hydrogens is 335 g/mol. The van der Waals surface area contributed by atoms with Crippen molar-refractivity contribution in [1.82, 2.24) is 0 Å². The molecule has 0 saturated carbocycles. The Kier molecular flexibility index (Phi) is 4.55. The molecule has 118 valence electrons. The SMILES string of the molecule is O=C(CC(=O)N1CCc2ccccc21)Nc1ccc(Cl)cc1Cl. The van der Waals surface area contributed by atoms with E-state index < -0.39 is 5.91 Å². The Hall–Kier alpha value is -2.04. The molecule has 1 aliphatic heterocycles. The van der Waals surface area contributed by atoms with Gasteiger partial charge in [-0.05, 0) is 36.2 Å². The third kappa shape index (κ3) is 3.49. The number of hydrogen-bond acceptors (Lipinski definition) is 2. The van der Waals surface area contributed by atoms with Gasteiger partial charge in [0, 0.05) is 17.3 Å². The van der Waals surface area contributed by atoms with Crippen LogP contribution in [0.4, 0.5) is 11.4 Å². The van der Waals surface area contributed by atoms with Crippen LogP contribution >= 0.6 is 23.2 Å². The van der Waals surface area contributed by atoms with Crippen molar-refractivity contribution >= 4 is 46.4 Å². The molecule has 0 saturated heterocycles. The van der Waals surface area contributed by atoms with Crippen molar-refractivity contribution in [1.29, 1.82) is 0 Å². The van der Waals surface area contributed by atoms with E-state index in [-0.39, 0.29) is 12.3 Å². The molecular formula is C17H14Cl2N2O2. The summed E-state index contributed by atoms with van der Waals surface area (Å²) in [5.41, 5.74) is 2.45. The van der Waals surface area contributed by atoms with Gasteiger partial charge in [-0.3, -0.25) is 9.59 Å². The number of rotatable bonds is 3. The molecule has 4 nitrogen and oxygen atoms in total. The summed E-state index contributed by atoms with van der Waals surface area (Å²) >= 11 is 11.8. The van der Waals surface area contributed by atoms with E-state index in [0.717, 1.165) is 17.7 Å². The lowest BCUT2D eigenvalue weighted by Crippen LogP contribution is -2.32. The maximum atomic E-state index is 12.4. The van der Waals surface area contributed by atoms with Crippen molar-refractivity contribution in [3.8, 4) is 0 Å². The Morgan fingerprint density at radius 1 is 1.13 bits per heavy atom. The highest BCUT2D eigenvalue weighted by molar-refractivity contribution is 6.36. The normalized spacial score (nSPS) is 12.9. The predicted octanol–water partition coefficient (Wildman–Crippen LogP) is 3.91. The van der Waals surface area contributed by atoms with Crippen LogP contribution in [0, 0.1) is 0 Å². The second-order valence-electron chi connectivity index (χ2n) is 5.27. The van der Waals surface area contributed by atoms with E-state index in [9.17, 15) is 9.59 Å². The third-order valence-corrected chi connectivity index (χ3v) is 4.25. The number of amides is 2. The molecule has 0 spiro atoms. The zero-order valence-electron chi connectivity index (χ0n) is 12.2. The summed E-state index contributed by atoms with van der Waals surface area (Å²) in [6, 6.07) is 12.5. The standard InChI is InChI=1S/C17H14Cl2N2O2/c18-12-5-6-14(13(19)9-12)20-16(22)10-17(23)21-8-7-11-3-1-2-4-15(11)21/h1-6,9H,7-8,10H2,(H,20,22). The molecule has 2 amide bonds. The van der Waals surface area contributed by atoms with Crippen LogP contribution in [-0.2, 0) is 16.0 Å². The van der Waals surface area contributed by atoms with Crippen LogP contribution in [0.2, 0.25) is 10.0 Å². The van der Waals surface area contributed by atoms with E-state index in [1.165, 1.54) is 6.07 Å². The molecule has 1 aliphatic rings. The molecule has 0 radical (unpaired) electrons. The van der Waals surface area contributed by atoms with Gasteiger partial charge in [0.05, 0.1) is 10.7 Å². The summed E-state index contributed by atoms with van der Waals surface area (Å²) in [5.74, 6) is -0.624. The second-order valence-corrected chi connectivity index (χ2v) is 6.12. The number of carbonyl (C=O) groups excluding carboxylic acids is 2. The first-order valence-electron chi connectivity index (χ1n) is 7.18. The van der Waals surface area contributed by atoms with Gasteiger partial charge < -0.3 is 10.2 Å². The topological polar surface area (TPSA) is 49.4 Å². The molecule has 3 rings (SSSR count). The number of nitrogens with one attached hydrogen (secondary N) is 1. The second kappa shape index (κ2) is 6.60. The number of carbonyl (C=O) groups is 2. The minimum absolute atomic E-state index is 0.225. The minimum atomic E-state index is -0.399. The lowest BCUT2D eigenvalue weighted by Gasteiger charge is -2.17. The summed E-state index contributed by atoms with van der Waals surface area (Å²) < 4.78 is 0. The number of para-hydroxylation sites is 1. The Labute approximate surface area is 144 Å². The van der Waals surface area contributed by atoms with Gasteiger partial charge in [0.2, 0.25) is 11.8 Å². The monoisotopic (exact) mass is 348 g/mol. The molecule has 6 heteroatoms. The van der Waals surface area contributed by atoms with Gasteiger partial charge in [0.25, 0.3) is 0 Å². The lowest BCUT2D eigenvalue weighted by atomic mass is 10.2. The first kappa shape index (κ1) is 15.8. The molecule has 0 fully saturated rings. The molecule has 2 aromatic rings. The van der Waals surface area contributed by atoms with Crippen molar-refractivity contribution in [2.24, 2.45) is 0 Å². The van der Waals surface area contributed by atoms with Crippen LogP contribution in [-0.4, -0.2) is 18.4 Å². The fourth-order valence-electron chi connectivity index (χ4n) is 2.62. The molecule has 1 heterocycles. The summed E-state index contributed by atoms with van der Waals surface area (Å²) in [4.78, 5) is 26.1. The van der Waals surface area contributed by atoms with Crippen LogP contribution in [0.5, 0.6) is 0 Å². The van der Waals surface area contributed by atoms with Gasteiger partial charge in [0.15, 0.2) is 0 Å². The smallest absolute Gasteiger partial charge is 0.236 e. The van der Waals surface area contributed by atoms with Gasteiger partial charge >= 0.3 is 0 Å². The summed E-state index contributed by atoms with van der Waals surface area (Å²) in [5, 5.41) is 3.46. The number of fused-ring (bicyclic) bond motifs is 1. The highest BCUT2D eigenvalue weighted by Crippen LogP contribution is 2.28. The maximum absolute atomic E-state index is 12.4. The summed E-state index contributed by atoms with van der Waals surface area (Å²) in [6.07, 6.45) is 0.583.